The number of H-pyrrole nitrogens is 1. The Morgan fingerprint density at radius 3 is 1.84 bits per heavy atom. The van der Waals surface area contributed by atoms with Crippen LogP contribution >= 0.6 is 0 Å². The molecule has 1 aromatic carbocycles. The van der Waals surface area contributed by atoms with Crippen molar-refractivity contribution in [2.75, 3.05) is 13.1 Å². The van der Waals surface area contributed by atoms with Crippen LogP contribution in [-0.4, -0.2) is 111 Å². The van der Waals surface area contributed by atoms with Crippen LogP contribution in [0.1, 0.15) is 51.8 Å². The van der Waals surface area contributed by atoms with E-state index >= 15 is 0 Å². The molecule has 1 heterocycles. The van der Waals surface area contributed by atoms with E-state index in [4.69, 9.17) is 5.11 Å². The maximum atomic E-state index is 13.2. The second-order valence-corrected chi connectivity index (χ2v) is 11.7. The van der Waals surface area contributed by atoms with Crippen molar-refractivity contribution in [3.05, 3.63) is 48.0 Å². The van der Waals surface area contributed by atoms with Crippen molar-refractivity contribution in [3.8, 4) is 5.75 Å². The summed E-state index contributed by atoms with van der Waals surface area (Å²) in [6, 6.07) is 0.811. The number of carbonyl (C=O) groups excluding carboxylic acids is 7. The molecule has 0 radical (unpaired) electrons. The Morgan fingerprint density at radius 2 is 1.25 bits per heavy atom. The molecule has 19 nitrogen and oxygen atoms in total. The van der Waals surface area contributed by atoms with Crippen LogP contribution in [0.15, 0.2) is 36.8 Å². The number of amides is 7. The Bertz CT molecular complexity index is 1530. The second-order valence-electron chi connectivity index (χ2n) is 11.7. The van der Waals surface area contributed by atoms with Crippen molar-refractivity contribution >= 4 is 47.3 Å². The number of phenols is 1. The van der Waals surface area contributed by atoms with Gasteiger partial charge in [0.15, 0.2) is 0 Å². The first kappa shape index (κ1) is 41.2. The Kier molecular flexibility index (Phi) is 16.5. The van der Waals surface area contributed by atoms with Crippen molar-refractivity contribution in [1.29, 1.82) is 0 Å². The quantitative estimate of drug-likeness (QED) is 0.0684. The standard InChI is InChI=1S/C32H45N9O10/c1-5-25(43)40-23(11-20-6-8-22(42)9-7-20)31(50)35-15-27(45)41-24(12-21-13-33-16-36-21)32(51)39-19(4)30(49)38-18(3)29(48)34-14-26(44)37-17(2)10-28(46)47/h6-9,13,16-19,23-24,42H,5,10-12,14-15H2,1-4H3,(H,33,36)(H,34,48)(H,35,50)(H,37,44)(H,38,49)(H,39,51)(H,40,43)(H,41,45)(H,46,47)/t17-,18+,19+,23+,24+/m1/s1. The average molecular weight is 716 g/mol. The van der Waals surface area contributed by atoms with Crippen LogP contribution in [0.2, 0.25) is 0 Å². The number of carboxylic acids is 1. The summed E-state index contributed by atoms with van der Waals surface area (Å²) in [7, 11) is 0. The number of phenolic OH excluding ortho intramolecular Hbond substituents is 1. The van der Waals surface area contributed by atoms with Crippen LogP contribution < -0.4 is 37.2 Å². The van der Waals surface area contributed by atoms with Gasteiger partial charge in [0.2, 0.25) is 41.4 Å². The first-order chi connectivity index (χ1) is 24.1. The summed E-state index contributed by atoms with van der Waals surface area (Å²) < 4.78 is 0. The predicted octanol–water partition coefficient (Wildman–Crippen LogP) is -2.50. The topological polar surface area (TPSA) is 290 Å². The molecule has 0 fully saturated rings. The lowest BCUT2D eigenvalue weighted by molar-refractivity contribution is -0.137. The Morgan fingerprint density at radius 1 is 0.706 bits per heavy atom. The number of hydrogen-bond acceptors (Lipinski definition) is 10. The van der Waals surface area contributed by atoms with Gasteiger partial charge in [-0.1, -0.05) is 19.1 Å². The molecule has 2 rings (SSSR count). The van der Waals surface area contributed by atoms with E-state index in [0.29, 0.717) is 11.3 Å². The number of aromatic nitrogens is 2. The fraction of sp³-hybridized carbons (Fsp3) is 0.469. The third kappa shape index (κ3) is 15.4. The van der Waals surface area contributed by atoms with E-state index in [1.165, 1.54) is 45.4 Å². The van der Waals surface area contributed by atoms with E-state index in [1.807, 2.05) is 0 Å². The number of hydrogen-bond donors (Lipinski definition) is 10. The monoisotopic (exact) mass is 715 g/mol. The van der Waals surface area contributed by atoms with Gasteiger partial charge in [0.25, 0.3) is 0 Å². The third-order valence-corrected chi connectivity index (χ3v) is 7.22. The number of aromatic hydroxyl groups is 1. The molecule has 0 aliphatic heterocycles. The van der Waals surface area contributed by atoms with Gasteiger partial charge in [-0.15, -0.1) is 0 Å². The van der Waals surface area contributed by atoms with Gasteiger partial charge in [-0.3, -0.25) is 38.4 Å². The minimum atomic E-state index is -1.24. The first-order valence-electron chi connectivity index (χ1n) is 16.1. The van der Waals surface area contributed by atoms with Gasteiger partial charge in [-0.05, 0) is 38.5 Å². The number of benzene rings is 1. The van der Waals surface area contributed by atoms with E-state index in [-0.39, 0.29) is 31.4 Å². The zero-order chi connectivity index (χ0) is 38.1. The van der Waals surface area contributed by atoms with Crippen LogP contribution in [0.5, 0.6) is 5.75 Å². The van der Waals surface area contributed by atoms with Gasteiger partial charge in [-0.2, -0.15) is 0 Å². The highest BCUT2D eigenvalue weighted by Gasteiger charge is 2.28. The second kappa shape index (κ2) is 20.5. The lowest BCUT2D eigenvalue weighted by Crippen LogP contribution is -2.57. The smallest absolute Gasteiger partial charge is 0.305 e. The highest BCUT2D eigenvalue weighted by Crippen LogP contribution is 2.11. The summed E-state index contributed by atoms with van der Waals surface area (Å²) in [5.41, 5.74) is 1.12. The molecule has 278 valence electrons. The Hall–Kier alpha value is -6.01. The highest BCUT2D eigenvalue weighted by molar-refractivity contribution is 5.96. The molecule has 5 atom stereocenters. The molecule has 10 N–H and O–H groups in total. The number of carbonyl (C=O) groups is 8. The number of nitrogens with one attached hydrogen (secondary N) is 8. The van der Waals surface area contributed by atoms with E-state index in [1.54, 1.807) is 19.1 Å². The molecule has 0 aliphatic carbocycles. The van der Waals surface area contributed by atoms with Crippen LogP contribution in [0.4, 0.5) is 0 Å². The van der Waals surface area contributed by atoms with Crippen molar-refractivity contribution in [3.63, 3.8) is 0 Å². The van der Waals surface area contributed by atoms with E-state index in [2.05, 4.69) is 47.2 Å². The van der Waals surface area contributed by atoms with Crippen molar-refractivity contribution in [1.82, 2.24) is 47.2 Å². The van der Waals surface area contributed by atoms with Gasteiger partial charge >= 0.3 is 5.97 Å². The summed E-state index contributed by atoms with van der Waals surface area (Å²) in [5, 5.41) is 35.5. The number of aromatic amines is 1. The lowest BCUT2D eigenvalue weighted by Gasteiger charge is -2.22. The van der Waals surface area contributed by atoms with Gasteiger partial charge in [-0.25, -0.2) is 4.98 Å². The fourth-order valence-electron chi connectivity index (χ4n) is 4.48. The molecule has 7 amide bonds. The SMILES string of the molecule is CCC(=O)N[C@@H](Cc1ccc(O)cc1)C(=O)NCC(=O)N[C@@H](Cc1cnc[nH]1)C(=O)N[C@@H](C)C(=O)N[C@@H](C)C(=O)NCC(=O)N[C@H](C)CC(=O)O. The summed E-state index contributed by atoms with van der Waals surface area (Å²) in [4.78, 5) is 106. The van der Waals surface area contributed by atoms with Gasteiger partial charge in [0.1, 0.15) is 29.9 Å². The third-order valence-electron chi connectivity index (χ3n) is 7.22. The molecule has 19 heteroatoms. The summed E-state index contributed by atoms with van der Waals surface area (Å²) >= 11 is 0. The molecule has 2 aromatic rings. The maximum Gasteiger partial charge on any atom is 0.305 e. The van der Waals surface area contributed by atoms with Crippen LogP contribution in [0.25, 0.3) is 0 Å². The zero-order valence-corrected chi connectivity index (χ0v) is 28.7. The molecule has 0 saturated carbocycles. The predicted molar refractivity (Wildman–Crippen MR) is 179 cm³/mol. The number of imidazole rings is 1. The van der Waals surface area contributed by atoms with E-state index in [9.17, 15) is 43.5 Å². The Balaban J connectivity index is 1.96. The summed E-state index contributed by atoms with van der Waals surface area (Å²) in [6.45, 7) is 4.79. The summed E-state index contributed by atoms with van der Waals surface area (Å²) in [5.74, 6) is -5.74. The molecule has 0 spiro atoms. The van der Waals surface area contributed by atoms with Crippen LogP contribution in [0, 0.1) is 0 Å². The van der Waals surface area contributed by atoms with Gasteiger partial charge in [0.05, 0.1) is 25.8 Å². The van der Waals surface area contributed by atoms with Gasteiger partial charge < -0.3 is 52.4 Å². The lowest BCUT2D eigenvalue weighted by atomic mass is 10.0. The van der Waals surface area contributed by atoms with Crippen molar-refractivity contribution < 1.29 is 48.6 Å². The normalized spacial score (nSPS) is 13.6. The van der Waals surface area contributed by atoms with Crippen LogP contribution in [0.3, 0.4) is 0 Å². The minimum absolute atomic E-state index is 0.0286. The Labute approximate surface area is 293 Å². The fourth-order valence-corrected chi connectivity index (χ4v) is 4.48. The maximum absolute atomic E-state index is 13.2. The van der Waals surface area contributed by atoms with Crippen molar-refractivity contribution in [2.24, 2.45) is 0 Å². The zero-order valence-electron chi connectivity index (χ0n) is 28.7. The van der Waals surface area contributed by atoms with Crippen molar-refractivity contribution in [2.45, 2.75) is 83.6 Å². The van der Waals surface area contributed by atoms with Gasteiger partial charge in [0, 0.05) is 37.2 Å². The number of carboxylic acid groups (broad SMARTS) is 1. The molecule has 0 aliphatic rings. The molecular weight excluding hydrogens is 670 g/mol. The summed E-state index contributed by atoms with van der Waals surface area (Å²) in [6.07, 6.45) is 2.62. The van der Waals surface area contributed by atoms with Crippen LogP contribution in [-0.2, 0) is 51.2 Å². The average Bonchev–Trinajstić information content (AvgIpc) is 3.59. The number of rotatable bonds is 20. The minimum Gasteiger partial charge on any atom is -0.508 e. The molecule has 51 heavy (non-hydrogen) atoms. The molecular formula is C32H45N9O10. The van der Waals surface area contributed by atoms with E-state index < -0.39 is 90.6 Å². The van der Waals surface area contributed by atoms with E-state index in [0.717, 1.165) is 0 Å². The number of aliphatic carboxylic acids is 1. The highest BCUT2D eigenvalue weighted by atomic mass is 16.4. The largest absolute Gasteiger partial charge is 0.508 e. The first-order valence-corrected chi connectivity index (χ1v) is 16.1. The molecule has 0 saturated heterocycles. The molecule has 0 unspecified atom stereocenters. The number of nitrogens with zero attached hydrogens (tertiary/aromatic N) is 1. The molecule has 0 bridgehead atoms. The molecule has 1 aromatic heterocycles.